The van der Waals surface area contributed by atoms with E-state index in [0.717, 1.165) is 29.5 Å². The Morgan fingerprint density at radius 2 is 2.21 bits per heavy atom. The van der Waals surface area contributed by atoms with Crippen molar-refractivity contribution >= 4 is 17.5 Å². The SMILES string of the molecule is O=C1CNC(c2cccc(Cl)c2)N1CCC1CCC1. The number of carbonyl (C=O) groups excluding carboxylic acids is 1. The van der Waals surface area contributed by atoms with Crippen molar-refractivity contribution in [1.29, 1.82) is 0 Å². The zero-order valence-corrected chi connectivity index (χ0v) is 11.7. The highest BCUT2D eigenvalue weighted by Gasteiger charge is 2.32. The maximum absolute atomic E-state index is 12.0. The predicted octanol–water partition coefficient (Wildman–Crippen LogP) is 2.96. The molecule has 4 heteroatoms. The van der Waals surface area contributed by atoms with E-state index in [4.69, 9.17) is 11.6 Å². The molecule has 2 fully saturated rings. The van der Waals surface area contributed by atoms with Crippen LogP contribution >= 0.6 is 11.6 Å². The lowest BCUT2D eigenvalue weighted by Gasteiger charge is -2.30. The third-order valence-electron chi connectivity index (χ3n) is 4.25. The number of nitrogens with one attached hydrogen (secondary N) is 1. The van der Waals surface area contributed by atoms with Gasteiger partial charge in [0.05, 0.1) is 6.54 Å². The van der Waals surface area contributed by atoms with Crippen LogP contribution in [0.4, 0.5) is 0 Å². The van der Waals surface area contributed by atoms with Crippen LogP contribution in [-0.4, -0.2) is 23.9 Å². The van der Waals surface area contributed by atoms with Gasteiger partial charge >= 0.3 is 0 Å². The lowest BCUT2D eigenvalue weighted by Crippen LogP contribution is -2.33. The summed E-state index contributed by atoms with van der Waals surface area (Å²) >= 11 is 6.04. The summed E-state index contributed by atoms with van der Waals surface area (Å²) in [6.45, 7) is 1.29. The summed E-state index contributed by atoms with van der Waals surface area (Å²) in [6.07, 6.45) is 5.14. The lowest BCUT2D eigenvalue weighted by molar-refractivity contribution is -0.128. The first kappa shape index (κ1) is 12.9. The van der Waals surface area contributed by atoms with Crippen LogP contribution in [0.2, 0.25) is 5.02 Å². The first-order valence-corrected chi connectivity index (χ1v) is 7.40. The quantitative estimate of drug-likeness (QED) is 0.918. The van der Waals surface area contributed by atoms with Gasteiger partial charge in [0.1, 0.15) is 6.17 Å². The Morgan fingerprint density at radius 1 is 1.37 bits per heavy atom. The minimum atomic E-state index is -0.00808. The van der Waals surface area contributed by atoms with E-state index in [9.17, 15) is 4.79 Å². The van der Waals surface area contributed by atoms with Crippen molar-refractivity contribution in [2.45, 2.75) is 31.8 Å². The zero-order chi connectivity index (χ0) is 13.2. The zero-order valence-electron chi connectivity index (χ0n) is 10.9. The summed E-state index contributed by atoms with van der Waals surface area (Å²) in [5.41, 5.74) is 1.08. The van der Waals surface area contributed by atoms with Crippen LogP contribution in [0.25, 0.3) is 0 Å². The molecule has 1 aromatic rings. The average Bonchev–Trinajstić information content (AvgIpc) is 2.69. The van der Waals surface area contributed by atoms with E-state index in [1.165, 1.54) is 19.3 Å². The Kier molecular flexibility index (Phi) is 3.76. The summed E-state index contributed by atoms with van der Waals surface area (Å²) in [5.74, 6) is 1.03. The molecule has 0 spiro atoms. The van der Waals surface area contributed by atoms with Gasteiger partial charge in [0, 0.05) is 11.6 Å². The van der Waals surface area contributed by atoms with Gasteiger partial charge in [-0.1, -0.05) is 43.0 Å². The van der Waals surface area contributed by atoms with Crippen LogP contribution in [0.5, 0.6) is 0 Å². The highest BCUT2D eigenvalue weighted by Crippen LogP contribution is 2.31. The number of rotatable bonds is 4. The fraction of sp³-hybridized carbons (Fsp3) is 0.533. The van der Waals surface area contributed by atoms with Crippen molar-refractivity contribution < 1.29 is 4.79 Å². The van der Waals surface area contributed by atoms with E-state index in [1.54, 1.807) is 0 Å². The average molecular weight is 279 g/mol. The second kappa shape index (κ2) is 5.51. The molecule has 0 aromatic heterocycles. The summed E-state index contributed by atoms with van der Waals surface area (Å²) in [5, 5.41) is 4.00. The number of halogens is 1. The number of amides is 1. The van der Waals surface area contributed by atoms with Crippen LogP contribution in [0.1, 0.15) is 37.4 Å². The van der Waals surface area contributed by atoms with Crippen molar-refractivity contribution in [3.8, 4) is 0 Å². The molecule has 3 nitrogen and oxygen atoms in total. The first-order chi connectivity index (χ1) is 9.24. The van der Waals surface area contributed by atoms with Gasteiger partial charge in [-0.25, -0.2) is 0 Å². The molecular formula is C15H19ClN2O. The monoisotopic (exact) mass is 278 g/mol. The molecular weight excluding hydrogens is 260 g/mol. The minimum absolute atomic E-state index is 0.00808. The molecule has 1 saturated carbocycles. The maximum atomic E-state index is 12.0. The van der Waals surface area contributed by atoms with Crippen LogP contribution < -0.4 is 5.32 Å². The molecule has 1 amide bonds. The van der Waals surface area contributed by atoms with Crippen LogP contribution in [0.3, 0.4) is 0 Å². The third kappa shape index (κ3) is 2.77. The summed E-state index contributed by atoms with van der Waals surface area (Å²) in [4.78, 5) is 14.0. The second-order valence-corrected chi connectivity index (χ2v) is 5.95. The van der Waals surface area contributed by atoms with Gasteiger partial charge in [0.15, 0.2) is 0 Å². The van der Waals surface area contributed by atoms with Crippen molar-refractivity contribution in [3.63, 3.8) is 0 Å². The number of carbonyl (C=O) groups is 1. The molecule has 1 unspecified atom stereocenters. The fourth-order valence-corrected chi connectivity index (χ4v) is 3.07. The molecule has 19 heavy (non-hydrogen) atoms. The van der Waals surface area contributed by atoms with Crippen LogP contribution in [-0.2, 0) is 4.79 Å². The summed E-state index contributed by atoms with van der Waals surface area (Å²) in [7, 11) is 0. The third-order valence-corrected chi connectivity index (χ3v) is 4.48. The van der Waals surface area contributed by atoms with Gasteiger partial charge in [0.25, 0.3) is 0 Å². The molecule has 0 radical (unpaired) electrons. The molecule has 1 aliphatic heterocycles. The first-order valence-electron chi connectivity index (χ1n) is 7.02. The van der Waals surface area contributed by atoms with E-state index < -0.39 is 0 Å². The molecule has 1 aliphatic carbocycles. The normalized spacial score (nSPS) is 23.7. The topological polar surface area (TPSA) is 32.3 Å². The molecule has 1 heterocycles. The van der Waals surface area contributed by atoms with E-state index >= 15 is 0 Å². The highest BCUT2D eigenvalue weighted by molar-refractivity contribution is 6.30. The van der Waals surface area contributed by atoms with Gasteiger partial charge in [-0.2, -0.15) is 0 Å². The van der Waals surface area contributed by atoms with Crippen LogP contribution in [0, 0.1) is 5.92 Å². The fourth-order valence-electron chi connectivity index (χ4n) is 2.87. The Labute approximate surface area is 118 Å². The molecule has 1 N–H and O–H groups in total. The molecule has 3 rings (SSSR count). The van der Waals surface area contributed by atoms with Gasteiger partial charge in [-0.05, 0) is 30.0 Å². The van der Waals surface area contributed by atoms with Crippen molar-refractivity contribution in [3.05, 3.63) is 34.9 Å². The van der Waals surface area contributed by atoms with Crippen molar-refractivity contribution in [1.82, 2.24) is 10.2 Å². The Hall–Kier alpha value is -1.06. The largest absolute Gasteiger partial charge is 0.322 e. The van der Waals surface area contributed by atoms with Crippen molar-refractivity contribution in [2.24, 2.45) is 5.92 Å². The highest BCUT2D eigenvalue weighted by atomic mass is 35.5. The molecule has 1 atom stereocenters. The van der Waals surface area contributed by atoms with Gasteiger partial charge < -0.3 is 4.90 Å². The van der Waals surface area contributed by atoms with E-state index in [-0.39, 0.29) is 12.1 Å². The molecule has 102 valence electrons. The molecule has 1 aromatic carbocycles. The standard InChI is InChI=1S/C15H19ClN2O/c16-13-6-2-5-12(9-13)15-17-10-14(19)18(15)8-7-11-3-1-4-11/h2,5-6,9,11,15,17H,1,3-4,7-8,10H2. The van der Waals surface area contributed by atoms with Gasteiger partial charge in [-0.15, -0.1) is 0 Å². The number of hydrogen-bond acceptors (Lipinski definition) is 2. The molecule has 0 bridgehead atoms. The van der Waals surface area contributed by atoms with E-state index in [2.05, 4.69) is 5.32 Å². The smallest absolute Gasteiger partial charge is 0.238 e. The van der Waals surface area contributed by atoms with Crippen molar-refractivity contribution in [2.75, 3.05) is 13.1 Å². The lowest BCUT2D eigenvalue weighted by atomic mass is 9.83. The summed E-state index contributed by atoms with van der Waals surface area (Å²) < 4.78 is 0. The molecule has 1 saturated heterocycles. The predicted molar refractivity (Wildman–Crippen MR) is 75.9 cm³/mol. The second-order valence-electron chi connectivity index (χ2n) is 5.51. The van der Waals surface area contributed by atoms with Crippen LogP contribution in [0.15, 0.2) is 24.3 Å². The molecule has 2 aliphatic rings. The number of benzene rings is 1. The van der Waals surface area contributed by atoms with E-state index in [1.807, 2.05) is 29.2 Å². The number of nitrogens with zero attached hydrogens (tertiary/aromatic N) is 1. The maximum Gasteiger partial charge on any atom is 0.238 e. The Balaban J connectivity index is 1.70. The Bertz CT molecular complexity index is 473. The van der Waals surface area contributed by atoms with E-state index in [0.29, 0.717) is 6.54 Å². The minimum Gasteiger partial charge on any atom is -0.322 e. The summed E-state index contributed by atoms with van der Waals surface area (Å²) in [6, 6.07) is 7.76. The van der Waals surface area contributed by atoms with Gasteiger partial charge in [0.2, 0.25) is 5.91 Å². The van der Waals surface area contributed by atoms with Gasteiger partial charge in [-0.3, -0.25) is 10.1 Å². The Morgan fingerprint density at radius 3 is 2.89 bits per heavy atom. The number of hydrogen-bond donors (Lipinski definition) is 1.